The third kappa shape index (κ3) is 4.18. The molecule has 0 aliphatic carbocycles. The molecular formula is C23H26N4O5. The smallest absolute Gasteiger partial charge is 0.255 e. The molecule has 32 heavy (non-hydrogen) atoms. The van der Waals surface area contributed by atoms with Gasteiger partial charge in [-0.1, -0.05) is 0 Å². The molecule has 4 rings (SSSR count). The van der Waals surface area contributed by atoms with Crippen molar-refractivity contribution in [2.45, 2.75) is 18.8 Å². The summed E-state index contributed by atoms with van der Waals surface area (Å²) < 4.78 is 16.2. The number of hydrogen-bond acceptors (Lipinski definition) is 6. The molecule has 1 aliphatic rings. The highest BCUT2D eigenvalue weighted by Gasteiger charge is 2.28. The number of benzene rings is 1. The van der Waals surface area contributed by atoms with E-state index in [-0.39, 0.29) is 18.3 Å². The van der Waals surface area contributed by atoms with Crippen LogP contribution in [0.2, 0.25) is 0 Å². The quantitative estimate of drug-likeness (QED) is 0.585. The number of pyridine rings is 1. The van der Waals surface area contributed by atoms with Crippen LogP contribution in [0.5, 0.6) is 17.2 Å². The van der Waals surface area contributed by atoms with E-state index in [1.807, 2.05) is 17.2 Å². The Kier molecular flexibility index (Phi) is 6.16. The molecule has 1 saturated heterocycles. The molecule has 3 aromatic rings. The van der Waals surface area contributed by atoms with Crippen LogP contribution in [0.15, 0.2) is 36.7 Å². The minimum atomic E-state index is -0.622. The Balaban J connectivity index is 1.49. The summed E-state index contributed by atoms with van der Waals surface area (Å²) in [6.07, 6.45) is 5.53. The number of piperidine rings is 1. The first-order chi connectivity index (χ1) is 15.5. The van der Waals surface area contributed by atoms with Gasteiger partial charge >= 0.3 is 0 Å². The number of aromatic amines is 1. The maximum absolute atomic E-state index is 13.2. The lowest BCUT2D eigenvalue weighted by Crippen LogP contribution is -2.37. The van der Waals surface area contributed by atoms with E-state index in [0.29, 0.717) is 36.1 Å². The van der Waals surface area contributed by atoms with Gasteiger partial charge in [-0.25, -0.2) is 4.98 Å². The summed E-state index contributed by atoms with van der Waals surface area (Å²) in [6, 6.07) is 7.21. The first kappa shape index (κ1) is 21.5. The molecule has 1 aromatic carbocycles. The number of hydrogen-bond donors (Lipinski definition) is 2. The van der Waals surface area contributed by atoms with Crippen LogP contribution in [-0.4, -0.2) is 60.6 Å². The van der Waals surface area contributed by atoms with Gasteiger partial charge in [-0.2, -0.15) is 0 Å². The van der Waals surface area contributed by atoms with Gasteiger partial charge in [-0.05, 0) is 48.6 Å². The van der Waals surface area contributed by atoms with Crippen LogP contribution in [0, 0.1) is 0 Å². The lowest BCUT2D eigenvalue weighted by atomic mass is 9.89. The van der Waals surface area contributed by atoms with Crippen LogP contribution in [0.4, 0.5) is 0 Å². The van der Waals surface area contributed by atoms with Crippen LogP contribution in [0.3, 0.4) is 0 Å². The van der Waals surface area contributed by atoms with Crippen molar-refractivity contribution in [2.24, 2.45) is 5.73 Å². The van der Waals surface area contributed by atoms with Crippen LogP contribution in [-0.2, 0) is 4.79 Å². The number of nitrogens with one attached hydrogen (secondary N) is 1. The summed E-state index contributed by atoms with van der Waals surface area (Å²) in [6.45, 7) is 0.957. The monoisotopic (exact) mass is 438 g/mol. The predicted octanol–water partition coefficient (Wildman–Crippen LogP) is 2.46. The highest BCUT2D eigenvalue weighted by molar-refractivity contribution is 5.96. The van der Waals surface area contributed by atoms with Gasteiger partial charge in [-0.3, -0.25) is 9.59 Å². The first-order valence-electron chi connectivity index (χ1n) is 10.4. The lowest BCUT2D eigenvalue weighted by Gasteiger charge is -2.32. The average Bonchev–Trinajstić information content (AvgIpc) is 3.26. The van der Waals surface area contributed by atoms with Gasteiger partial charge < -0.3 is 29.8 Å². The number of nitrogens with two attached hydrogens (primary N) is 1. The Hall–Kier alpha value is -3.75. The number of primary amides is 1. The maximum Gasteiger partial charge on any atom is 0.255 e. The number of methoxy groups -OCH3 is 2. The highest BCUT2D eigenvalue weighted by Crippen LogP contribution is 2.39. The zero-order chi connectivity index (χ0) is 22.7. The van der Waals surface area contributed by atoms with Gasteiger partial charge in [0, 0.05) is 36.4 Å². The number of ether oxygens (including phenoxy) is 3. The van der Waals surface area contributed by atoms with Gasteiger partial charge in [0.2, 0.25) is 5.75 Å². The minimum absolute atomic E-state index is 0.109. The molecule has 0 saturated carbocycles. The Morgan fingerprint density at radius 3 is 2.50 bits per heavy atom. The second kappa shape index (κ2) is 9.17. The molecule has 3 N–H and O–H groups in total. The Morgan fingerprint density at radius 2 is 1.88 bits per heavy atom. The summed E-state index contributed by atoms with van der Waals surface area (Å²) in [5.74, 6) is 0.470. The fraction of sp³-hybridized carbons (Fsp3) is 0.348. The van der Waals surface area contributed by atoms with Crippen molar-refractivity contribution in [3.8, 4) is 17.2 Å². The highest BCUT2D eigenvalue weighted by atomic mass is 16.5. The van der Waals surface area contributed by atoms with E-state index >= 15 is 0 Å². The lowest BCUT2D eigenvalue weighted by molar-refractivity contribution is -0.120. The van der Waals surface area contributed by atoms with Crippen LogP contribution >= 0.6 is 0 Å². The number of nitrogens with zero attached hydrogens (tertiary/aromatic N) is 2. The van der Waals surface area contributed by atoms with Gasteiger partial charge in [0.05, 0.1) is 14.2 Å². The van der Waals surface area contributed by atoms with Crippen molar-refractivity contribution in [1.82, 2.24) is 14.9 Å². The van der Waals surface area contributed by atoms with Crippen molar-refractivity contribution in [2.75, 3.05) is 33.9 Å². The molecule has 1 fully saturated rings. The Bertz CT molecular complexity index is 1110. The molecule has 3 heterocycles. The molecule has 2 amide bonds. The van der Waals surface area contributed by atoms with E-state index in [1.165, 1.54) is 19.8 Å². The molecule has 0 spiro atoms. The van der Waals surface area contributed by atoms with Gasteiger partial charge in [0.1, 0.15) is 5.65 Å². The molecule has 0 radical (unpaired) electrons. The van der Waals surface area contributed by atoms with E-state index in [9.17, 15) is 9.59 Å². The van der Waals surface area contributed by atoms with Gasteiger partial charge in [-0.15, -0.1) is 0 Å². The van der Waals surface area contributed by atoms with Gasteiger partial charge in [0.15, 0.2) is 18.1 Å². The summed E-state index contributed by atoms with van der Waals surface area (Å²) in [5.41, 5.74) is 7.73. The molecule has 0 unspecified atom stereocenters. The van der Waals surface area contributed by atoms with E-state index in [2.05, 4.69) is 16.0 Å². The maximum atomic E-state index is 13.2. The number of amides is 2. The molecule has 9 heteroatoms. The van der Waals surface area contributed by atoms with Crippen LogP contribution in [0.1, 0.15) is 34.7 Å². The number of carbonyl (C=O) groups is 2. The van der Waals surface area contributed by atoms with E-state index < -0.39 is 5.91 Å². The number of fused-ring (bicyclic) bond motifs is 1. The van der Waals surface area contributed by atoms with Crippen molar-refractivity contribution in [1.29, 1.82) is 0 Å². The molecule has 0 bridgehead atoms. The third-order valence-electron chi connectivity index (χ3n) is 5.77. The predicted molar refractivity (Wildman–Crippen MR) is 118 cm³/mol. The fourth-order valence-corrected chi connectivity index (χ4v) is 4.18. The summed E-state index contributed by atoms with van der Waals surface area (Å²) in [4.78, 5) is 33.7. The Morgan fingerprint density at radius 1 is 1.19 bits per heavy atom. The SMILES string of the molecule is COc1cc(C(=O)N2CCC(c3c[nH]c4ncccc34)CC2)cc(OC)c1OCC(N)=O. The molecular weight excluding hydrogens is 412 g/mol. The number of likely N-dealkylation sites (tertiary alicyclic amines) is 1. The van der Waals surface area contributed by atoms with Crippen LogP contribution in [0.25, 0.3) is 11.0 Å². The zero-order valence-electron chi connectivity index (χ0n) is 18.1. The van der Waals surface area contributed by atoms with Crippen molar-refractivity contribution in [3.63, 3.8) is 0 Å². The van der Waals surface area contributed by atoms with Crippen molar-refractivity contribution in [3.05, 3.63) is 47.8 Å². The number of rotatable bonds is 7. The summed E-state index contributed by atoms with van der Waals surface area (Å²) in [5, 5.41) is 1.14. The third-order valence-corrected chi connectivity index (χ3v) is 5.77. The van der Waals surface area contributed by atoms with E-state index in [4.69, 9.17) is 19.9 Å². The van der Waals surface area contributed by atoms with Crippen LogP contribution < -0.4 is 19.9 Å². The van der Waals surface area contributed by atoms with Crippen molar-refractivity contribution < 1.29 is 23.8 Å². The minimum Gasteiger partial charge on any atom is -0.493 e. The topological polar surface area (TPSA) is 120 Å². The summed E-state index contributed by atoms with van der Waals surface area (Å²) >= 11 is 0. The largest absolute Gasteiger partial charge is 0.493 e. The summed E-state index contributed by atoms with van der Waals surface area (Å²) in [7, 11) is 2.92. The average molecular weight is 438 g/mol. The fourth-order valence-electron chi connectivity index (χ4n) is 4.18. The first-order valence-corrected chi connectivity index (χ1v) is 10.4. The molecule has 0 atom stereocenters. The number of aromatic nitrogens is 2. The second-order valence-electron chi connectivity index (χ2n) is 7.67. The molecule has 2 aromatic heterocycles. The standard InChI is InChI=1S/C23H26N4O5/c1-30-18-10-15(11-19(31-2)21(18)32-13-20(24)28)23(29)27-8-5-14(6-9-27)17-12-26-22-16(17)4-3-7-25-22/h3-4,7,10-12,14H,5-6,8-9,13H2,1-2H3,(H2,24,28)(H,25,26). The molecule has 9 nitrogen and oxygen atoms in total. The second-order valence-corrected chi connectivity index (χ2v) is 7.67. The van der Waals surface area contributed by atoms with Gasteiger partial charge in [0.25, 0.3) is 11.8 Å². The number of carbonyl (C=O) groups excluding carboxylic acids is 2. The van der Waals surface area contributed by atoms with E-state index in [0.717, 1.165) is 23.9 Å². The zero-order valence-corrected chi connectivity index (χ0v) is 18.1. The number of H-pyrrole nitrogens is 1. The molecule has 168 valence electrons. The molecule has 1 aliphatic heterocycles. The van der Waals surface area contributed by atoms with Crippen molar-refractivity contribution >= 4 is 22.8 Å². The normalized spacial score (nSPS) is 14.4. The Labute approximate surface area is 185 Å². The van der Waals surface area contributed by atoms with E-state index in [1.54, 1.807) is 18.3 Å².